The van der Waals surface area contributed by atoms with Crippen molar-refractivity contribution in [3.8, 4) is 0 Å². The summed E-state index contributed by atoms with van der Waals surface area (Å²) >= 11 is 0. The molecule has 94 valence electrons. The fourth-order valence-electron chi connectivity index (χ4n) is 2.02. The van der Waals surface area contributed by atoms with Gasteiger partial charge in [-0.3, -0.25) is 0 Å². The van der Waals surface area contributed by atoms with Crippen LogP contribution in [-0.2, 0) is 0 Å². The van der Waals surface area contributed by atoms with Gasteiger partial charge in [-0.2, -0.15) is 0 Å². The topological polar surface area (TPSA) is 83.8 Å². The van der Waals surface area contributed by atoms with Crippen LogP contribution in [0.25, 0.3) is 0 Å². The number of amidine groups is 1. The fourth-order valence-corrected chi connectivity index (χ4v) is 2.02. The van der Waals surface area contributed by atoms with Gasteiger partial charge in [0.15, 0.2) is 0 Å². The van der Waals surface area contributed by atoms with Gasteiger partial charge in [-0.25, -0.2) is 0 Å². The van der Waals surface area contributed by atoms with E-state index in [0.717, 1.165) is 25.1 Å². The summed E-state index contributed by atoms with van der Waals surface area (Å²) in [6.07, 6.45) is 4.58. The second kappa shape index (κ2) is 4.79. The Bertz CT molecular complexity index is 382. The molecule has 0 aromatic carbocycles. The van der Waals surface area contributed by atoms with Crippen LogP contribution in [0.2, 0.25) is 0 Å². The molecule has 1 fully saturated rings. The molecular weight excluding hydrogens is 218 g/mol. The first-order valence-corrected chi connectivity index (χ1v) is 5.88. The lowest BCUT2D eigenvalue weighted by atomic mass is 10.0. The normalized spacial score (nSPS) is 20.2. The van der Waals surface area contributed by atoms with Gasteiger partial charge in [0.1, 0.15) is 11.6 Å². The van der Waals surface area contributed by atoms with E-state index < -0.39 is 0 Å². The molecule has 5 nitrogen and oxygen atoms in total. The quantitative estimate of drug-likeness (QED) is 0.305. The summed E-state index contributed by atoms with van der Waals surface area (Å²) in [4.78, 5) is 0. The Morgan fingerprint density at radius 2 is 2.47 bits per heavy atom. The highest BCUT2D eigenvalue weighted by Crippen LogP contribution is 2.48. The smallest absolute Gasteiger partial charge is 0.139 e. The van der Waals surface area contributed by atoms with Gasteiger partial charge in [-0.1, -0.05) is 5.16 Å². The van der Waals surface area contributed by atoms with Crippen LogP contribution in [0.15, 0.2) is 28.0 Å². The summed E-state index contributed by atoms with van der Waals surface area (Å²) in [5, 5.41) is 15.1. The molecule has 0 spiro atoms. The SMILES string of the molecule is C[C@H](NCC1(C/C(N)=N/O)CC1)c1ccco1. The van der Waals surface area contributed by atoms with E-state index in [1.807, 2.05) is 12.1 Å². The summed E-state index contributed by atoms with van der Waals surface area (Å²) in [7, 11) is 0. The van der Waals surface area contributed by atoms with E-state index in [2.05, 4.69) is 17.4 Å². The number of hydrogen-bond acceptors (Lipinski definition) is 4. The van der Waals surface area contributed by atoms with Crippen LogP contribution in [0.4, 0.5) is 0 Å². The Morgan fingerprint density at radius 1 is 1.71 bits per heavy atom. The molecule has 1 aromatic heterocycles. The molecule has 0 amide bonds. The van der Waals surface area contributed by atoms with Crippen molar-refractivity contribution in [2.75, 3.05) is 6.54 Å². The van der Waals surface area contributed by atoms with E-state index in [0.29, 0.717) is 12.3 Å². The van der Waals surface area contributed by atoms with Crippen molar-refractivity contribution in [1.82, 2.24) is 5.32 Å². The average Bonchev–Trinajstić information content (AvgIpc) is 2.88. The zero-order valence-electron chi connectivity index (χ0n) is 10.0. The summed E-state index contributed by atoms with van der Waals surface area (Å²) < 4.78 is 5.33. The van der Waals surface area contributed by atoms with Crippen molar-refractivity contribution in [3.63, 3.8) is 0 Å². The van der Waals surface area contributed by atoms with E-state index in [4.69, 9.17) is 15.4 Å². The minimum absolute atomic E-state index is 0.178. The Hall–Kier alpha value is -1.49. The second-order valence-corrected chi connectivity index (χ2v) is 4.89. The first-order valence-electron chi connectivity index (χ1n) is 5.88. The van der Waals surface area contributed by atoms with E-state index >= 15 is 0 Å². The highest BCUT2D eigenvalue weighted by molar-refractivity contribution is 5.80. The highest BCUT2D eigenvalue weighted by Gasteiger charge is 2.43. The number of nitrogens with one attached hydrogen (secondary N) is 1. The van der Waals surface area contributed by atoms with Gasteiger partial charge >= 0.3 is 0 Å². The number of oxime groups is 1. The molecule has 1 heterocycles. The lowest BCUT2D eigenvalue weighted by Crippen LogP contribution is -2.30. The molecule has 0 unspecified atom stereocenters. The van der Waals surface area contributed by atoms with Gasteiger partial charge < -0.3 is 20.7 Å². The molecule has 1 atom stereocenters. The second-order valence-electron chi connectivity index (χ2n) is 4.89. The van der Waals surface area contributed by atoms with Crippen molar-refractivity contribution >= 4 is 5.84 Å². The van der Waals surface area contributed by atoms with Gasteiger partial charge in [0, 0.05) is 13.0 Å². The molecule has 4 N–H and O–H groups in total. The number of nitrogens with two attached hydrogens (primary N) is 1. The Labute approximate surface area is 101 Å². The van der Waals surface area contributed by atoms with Crippen LogP contribution in [0.1, 0.15) is 38.0 Å². The molecular formula is C12H19N3O2. The lowest BCUT2D eigenvalue weighted by molar-refractivity contribution is 0.313. The third kappa shape index (κ3) is 3.00. The maximum atomic E-state index is 8.58. The first kappa shape index (κ1) is 12.0. The largest absolute Gasteiger partial charge is 0.468 e. The summed E-state index contributed by atoms with van der Waals surface area (Å²) in [6, 6.07) is 4.03. The molecule has 0 saturated heterocycles. The minimum Gasteiger partial charge on any atom is -0.468 e. The highest BCUT2D eigenvalue weighted by atomic mass is 16.4. The van der Waals surface area contributed by atoms with Gasteiger partial charge in [0.25, 0.3) is 0 Å². The van der Waals surface area contributed by atoms with Crippen LogP contribution in [0.3, 0.4) is 0 Å². The summed E-state index contributed by atoms with van der Waals surface area (Å²) in [5.41, 5.74) is 5.73. The van der Waals surface area contributed by atoms with E-state index in [-0.39, 0.29) is 11.5 Å². The number of hydrogen-bond donors (Lipinski definition) is 3. The maximum absolute atomic E-state index is 8.58. The molecule has 0 radical (unpaired) electrons. The van der Waals surface area contributed by atoms with E-state index in [1.165, 1.54) is 0 Å². The van der Waals surface area contributed by atoms with Crippen LogP contribution in [-0.4, -0.2) is 17.6 Å². The number of nitrogens with zero attached hydrogens (tertiary/aromatic N) is 1. The van der Waals surface area contributed by atoms with E-state index in [1.54, 1.807) is 6.26 Å². The predicted molar refractivity (Wildman–Crippen MR) is 64.8 cm³/mol. The van der Waals surface area contributed by atoms with Crippen LogP contribution in [0.5, 0.6) is 0 Å². The Kier molecular flexibility index (Phi) is 3.38. The zero-order chi connectivity index (χ0) is 12.3. The number of furan rings is 1. The van der Waals surface area contributed by atoms with Gasteiger partial charge in [-0.15, -0.1) is 0 Å². The van der Waals surface area contributed by atoms with Crippen molar-refractivity contribution in [1.29, 1.82) is 0 Å². The van der Waals surface area contributed by atoms with E-state index in [9.17, 15) is 0 Å². The minimum atomic E-state index is 0.178. The molecule has 5 heteroatoms. The molecule has 17 heavy (non-hydrogen) atoms. The van der Waals surface area contributed by atoms with Crippen molar-refractivity contribution in [3.05, 3.63) is 24.2 Å². The van der Waals surface area contributed by atoms with Gasteiger partial charge in [0.2, 0.25) is 0 Å². The third-order valence-electron chi connectivity index (χ3n) is 3.39. The van der Waals surface area contributed by atoms with Crippen LogP contribution >= 0.6 is 0 Å². The van der Waals surface area contributed by atoms with Crippen molar-refractivity contribution in [2.24, 2.45) is 16.3 Å². The van der Waals surface area contributed by atoms with Crippen molar-refractivity contribution < 1.29 is 9.62 Å². The Balaban J connectivity index is 1.82. The zero-order valence-corrected chi connectivity index (χ0v) is 10.0. The monoisotopic (exact) mass is 237 g/mol. The molecule has 1 saturated carbocycles. The molecule has 0 aliphatic heterocycles. The maximum Gasteiger partial charge on any atom is 0.139 e. The molecule has 1 aliphatic carbocycles. The average molecular weight is 237 g/mol. The molecule has 1 aliphatic rings. The molecule has 2 rings (SSSR count). The predicted octanol–water partition coefficient (Wildman–Crippen LogP) is 1.85. The third-order valence-corrected chi connectivity index (χ3v) is 3.39. The van der Waals surface area contributed by atoms with Crippen LogP contribution in [0, 0.1) is 5.41 Å². The van der Waals surface area contributed by atoms with Crippen molar-refractivity contribution in [2.45, 2.75) is 32.2 Å². The lowest BCUT2D eigenvalue weighted by Gasteiger charge is -2.18. The summed E-state index contributed by atoms with van der Waals surface area (Å²) in [6.45, 7) is 2.93. The molecule has 1 aromatic rings. The first-order chi connectivity index (χ1) is 8.15. The summed E-state index contributed by atoms with van der Waals surface area (Å²) in [5.74, 6) is 1.25. The van der Waals surface area contributed by atoms with Gasteiger partial charge in [-0.05, 0) is 37.3 Å². The Morgan fingerprint density at radius 3 is 3.00 bits per heavy atom. The molecule has 0 bridgehead atoms. The van der Waals surface area contributed by atoms with Crippen LogP contribution < -0.4 is 11.1 Å². The number of rotatable bonds is 6. The van der Waals surface area contributed by atoms with Gasteiger partial charge in [0.05, 0.1) is 12.3 Å². The fraction of sp³-hybridized carbons (Fsp3) is 0.583. The standard InChI is InChI=1S/C12H19N3O2/c1-9(10-3-2-6-17-10)14-8-12(4-5-12)7-11(13)15-16/h2-3,6,9,14,16H,4-5,7-8H2,1H3,(H2,13,15)/t9-/m0/s1.